The molecule has 5 rings (SSSR count). The predicted octanol–water partition coefficient (Wildman–Crippen LogP) is 4.67. The zero-order valence-corrected chi connectivity index (χ0v) is 19.2. The summed E-state index contributed by atoms with van der Waals surface area (Å²) in [4.78, 5) is 20.7. The molecule has 3 heterocycles. The molecule has 0 amide bonds. The van der Waals surface area contributed by atoms with E-state index >= 15 is 0 Å². The van der Waals surface area contributed by atoms with Gasteiger partial charge < -0.3 is 14.8 Å². The van der Waals surface area contributed by atoms with Gasteiger partial charge in [-0.05, 0) is 42.3 Å². The Bertz CT molecular complexity index is 1430. The molecule has 1 saturated heterocycles. The molecule has 1 fully saturated rings. The number of aryl methyl sites for hydroxylation is 1. The average Bonchev–Trinajstić information content (AvgIpc) is 3.27. The molecule has 32 heavy (non-hydrogen) atoms. The number of piperazine rings is 1. The number of H-pyrrole nitrogens is 2. The first kappa shape index (κ1) is 20.7. The van der Waals surface area contributed by atoms with Crippen LogP contribution in [0.15, 0.2) is 54.0 Å². The fourth-order valence-corrected chi connectivity index (χ4v) is 4.93. The summed E-state index contributed by atoms with van der Waals surface area (Å²) in [6.07, 6.45) is 3.52. The molecule has 0 atom stereocenters. The first-order chi connectivity index (χ1) is 15.5. The number of pyridine rings is 1. The minimum Gasteiger partial charge on any atom is -0.367 e. The number of nitrogens with one attached hydrogen (secondary N) is 2. The van der Waals surface area contributed by atoms with Gasteiger partial charge in [-0.3, -0.25) is 9.89 Å². The maximum absolute atomic E-state index is 12.6. The lowest BCUT2D eigenvalue weighted by molar-refractivity contribution is 0.393. The van der Waals surface area contributed by atoms with Crippen LogP contribution in [0.2, 0.25) is 5.02 Å². The molecule has 2 N–H and O–H groups in total. The first-order valence-corrected chi connectivity index (χ1v) is 11.2. The maximum atomic E-state index is 12.6. The van der Waals surface area contributed by atoms with E-state index in [1.54, 1.807) is 12.1 Å². The van der Waals surface area contributed by atoms with Crippen LogP contribution in [0, 0.1) is 6.92 Å². The standard InChI is InChI=1S/C24H22ClN5OS/c1-3-23(32)30-8-6-29(7-9-30)21-12-22(31)27-20-11-15(18(25)10-16(20)21)24-14(2)4-5-19-17(24)13-26-28-19/h3-5,10-13H,1,6-9H2,2H3,(H,26,28)(H,27,31). The van der Waals surface area contributed by atoms with Crippen molar-refractivity contribution in [2.75, 3.05) is 31.1 Å². The van der Waals surface area contributed by atoms with Crippen LogP contribution in [0.4, 0.5) is 5.69 Å². The summed E-state index contributed by atoms with van der Waals surface area (Å²) in [6, 6.07) is 9.63. The molecule has 162 valence electrons. The summed E-state index contributed by atoms with van der Waals surface area (Å²) in [7, 11) is 0. The SMILES string of the molecule is C=CC(=S)N1CCN(c2cc(=O)[nH]c3cc(-c4c(C)ccc5[nH]ncc45)c(Cl)cc23)CC1. The number of anilines is 1. The molecule has 0 bridgehead atoms. The van der Waals surface area contributed by atoms with Crippen molar-refractivity contribution in [3.8, 4) is 11.1 Å². The van der Waals surface area contributed by atoms with Gasteiger partial charge in [0.2, 0.25) is 5.56 Å². The van der Waals surface area contributed by atoms with Gasteiger partial charge in [0.25, 0.3) is 0 Å². The molecule has 6 nitrogen and oxygen atoms in total. The zero-order chi connectivity index (χ0) is 22.4. The van der Waals surface area contributed by atoms with Crippen LogP contribution in [0.3, 0.4) is 0 Å². The van der Waals surface area contributed by atoms with E-state index in [1.807, 2.05) is 30.5 Å². The number of rotatable bonds is 3. The molecule has 0 aliphatic carbocycles. The molecule has 2 aromatic heterocycles. The second kappa shape index (κ2) is 8.07. The van der Waals surface area contributed by atoms with Crippen LogP contribution in [0.25, 0.3) is 32.9 Å². The molecule has 0 radical (unpaired) electrons. The molecule has 1 aliphatic rings. The van der Waals surface area contributed by atoms with Crippen LogP contribution in [-0.2, 0) is 0 Å². The molecule has 1 aliphatic heterocycles. The number of hydrogen-bond donors (Lipinski definition) is 2. The molecule has 0 spiro atoms. The minimum atomic E-state index is -0.136. The summed E-state index contributed by atoms with van der Waals surface area (Å²) >= 11 is 12.2. The minimum absolute atomic E-state index is 0.136. The van der Waals surface area contributed by atoms with Crippen molar-refractivity contribution in [1.82, 2.24) is 20.1 Å². The van der Waals surface area contributed by atoms with Gasteiger partial charge in [0.05, 0.1) is 22.9 Å². The second-order valence-electron chi connectivity index (χ2n) is 8.00. The van der Waals surface area contributed by atoms with Gasteiger partial charge in [0.15, 0.2) is 0 Å². The predicted molar refractivity (Wildman–Crippen MR) is 136 cm³/mol. The van der Waals surface area contributed by atoms with Crippen molar-refractivity contribution in [2.45, 2.75) is 6.92 Å². The van der Waals surface area contributed by atoms with E-state index in [0.29, 0.717) is 5.02 Å². The summed E-state index contributed by atoms with van der Waals surface area (Å²) < 4.78 is 0. The number of aromatic nitrogens is 3. The monoisotopic (exact) mass is 463 g/mol. The normalized spacial score (nSPS) is 14.3. The number of nitrogens with zero attached hydrogens (tertiary/aromatic N) is 3. The number of thiocarbonyl (C=S) groups is 1. The van der Waals surface area contributed by atoms with E-state index in [0.717, 1.165) is 75.4 Å². The van der Waals surface area contributed by atoms with Crippen molar-refractivity contribution < 1.29 is 0 Å². The summed E-state index contributed by atoms with van der Waals surface area (Å²) in [6.45, 7) is 8.91. The van der Waals surface area contributed by atoms with E-state index in [9.17, 15) is 4.79 Å². The van der Waals surface area contributed by atoms with Gasteiger partial charge in [-0.1, -0.05) is 36.5 Å². The molecular formula is C24H22ClN5OS. The molecule has 4 aromatic rings. The van der Waals surface area contributed by atoms with E-state index < -0.39 is 0 Å². The Labute approximate surface area is 195 Å². The summed E-state index contributed by atoms with van der Waals surface area (Å²) in [5, 5.41) is 9.75. The van der Waals surface area contributed by atoms with Crippen LogP contribution in [-0.4, -0.2) is 51.2 Å². The van der Waals surface area contributed by atoms with Crippen molar-refractivity contribution in [2.24, 2.45) is 0 Å². The van der Waals surface area contributed by atoms with Gasteiger partial charge in [-0.15, -0.1) is 0 Å². The number of benzene rings is 2. The highest BCUT2D eigenvalue weighted by Gasteiger charge is 2.21. The third-order valence-corrected chi connectivity index (χ3v) is 6.85. The molecule has 0 unspecified atom stereocenters. The summed E-state index contributed by atoms with van der Waals surface area (Å²) in [5.41, 5.74) is 5.43. The highest BCUT2D eigenvalue weighted by atomic mass is 35.5. The topological polar surface area (TPSA) is 68.0 Å². The zero-order valence-electron chi connectivity index (χ0n) is 17.6. The molecule has 2 aromatic carbocycles. The Hall–Kier alpha value is -3.16. The number of fused-ring (bicyclic) bond motifs is 2. The smallest absolute Gasteiger partial charge is 0.250 e. The van der Waals surface area contributed by atoms with Crippen LogP contribution in [0.5, 0.6) is 0 Å². The van der Waals surface area contributed by atoms with Gasteiger partial charge in [0.1, 0.15) is 4.99 Å². The Kier molecular flexibility index (Phi) is 5.23. The van der Waals surface area contributed by atoms with Crippen molar-refractivity contribution >= 4 is 56.3 Å². The fraction of sp³-hybridized carbons (Fsp3) is 0.208. The quantitative estimate of drug-likeness (QED) is 0.341. The average molecular weight is 464 g/mol. The van der Waals surface area contributed by atoms with Crippen molar-refractivity contribution in [1.29, 1.82) is 0 Å². The highest BCUT2D eigenvalue weighted by Crippen LogP contribution is 2.39. The van der Waals surface area contributed by atoms with E-state index in [2.05, 4.69) is 38.5 Å². The molecule has 0 saturated carbocycles. The second-order valence-corrected chi connectivity index (χ2v) is 8.83. The van der Waals surface area contributed by atoms with E-state index in [-0.39, 0.29) is 5.56 Å². The lowest BCUT2D eigenvalue weighted by Gasteiger charge is -2.37. The van der Waals surface area contributed by atoms with Crippen LogP contribution in [0.1, 0.15) is 5.56 Å². The fourth-order valence-electron chi connectivity index (χ4n) is 4.49. The van der Waals surface area contributed by atoms with E-state index in [1.165, 1.54) is 0 Å². The largest absolute Gasteiger partial charge is 0.367 e. The van der Waals surface area contributed by atoms with Crippen LogP contribution < -0.4 is 10.5 Å². The lowest BCUT2D eigenvalue weighted by atomic mass is 9.95. The van der Waals surface area contributed by atoms with Gasteiger partial charge in [-0.2, -0.15) is 5.10 Å². The Morgan fingerprint density at radius 1 is 1.16 bits per heavy atom. The number of aromatic amines is 2. The van der Waals surface area contributed by atoms with Crippen LogP contribution >= 0.6 is 23.8 Å². The third kappa shape index (κ3) is 3.47. The van der Waals surface area contributed by atoms with Gasteiger partial charge in [0, 0.05) is 53.6 Å². The highest BCUT2D eigenvalue weighted by molar-refractivity contribution is 7.80. The Balaban J connectivity index is 1.61. The van der Waals surface area contributed by atoms with Gasteiger partial charge in [-0.25, -0.2) is 0 Å². The first-order valence-electron chi connectivity index (χ1n) is 10.4. The van der Waals surface area contributed by atoms with Gasteiger partial charge >= 0.3 is 0 Å². The summed E-state index contributed by atoms with van der Waals surface area (Å²) in [5.74, 6) is 0. The Morgan fingerprint density at radius 3 is 2.69 bits per heavy atom. The molecular weight excluding hydrogens is 442 g/mol. The van der Waals surface area contributed by atoms with Crippen molar-refractivity contribution in [3.63, 3.8) is 0 Å². The third-order valence-electron chi connectivity index (χ3n) is 6.12. The van der Waals surface area contributed by atoms with E-state index in [4.69, 9.17) is 23.8 Å². The lowest BCUT2D eigenvalue weighted by Crippen LogP contribution is -2.48. The molecule has 8 heteroatoms. The number of halogens is 1. The maximum Gasteiger partial charge on any atom is 0.250 e. The number of hydrogen-bond acceptors (Lipinski definition) is 4. The Morgan fingerprint density at radius 2 is 1.94 bits per heavy atom. The van der Waals surface area contributed by atoms with Crippen molar-refractivity contribution in [3.05, 3.63) is 70.1 Å².